The maximum Gasteiger partial charge on any atom is 0.161 e. The summed E-state index contributed by atoms with van der Waals surface area (Å²) < 4.78 is 38.2. The van der Waals surface area contributed by atoms with Crippen LogP contribution in [0.2, 0.25) is 0 Å². The van der Waals surface area contributed by atoms with Crippen LogP contribution in [0.15, 0.2) is 6.07 Å². The molecule has 2 radical (unpaired) electrons. The topological polar surface area (TPSA) is 0 Å². The van der Waals surface area contributed by atoms with E-state index >= 15 is 0 Å². The molecule has 0 spiro atoms. The van der Waals surface area contributed by atoms with Crippen molar-refractivity contribution in [1.29, 1.82) is 0 Å². The monoisotopic (exact) mass is 170 g/mol. The number of halogens is 3. The van der Waals surface area contributed by atoms with Crippen LogP contribution in [0.1, 0.15) is 12.5 Å². The smallest absolute Gasteiger partial charge is 0.161 e. The van der Waals surface area contributed by atoms with E-state index in [2.05, 4.69) is 0 Å². The highest BCUT2D eigenvalue weighted by Crippen LogP contribution is 2.12. The van der Waals surface area contributed by atoms with E-state index in [1.807, 2.05) is 0 Å². The van der Waals surface area contributed by atoms with Crippen LogP contribution in [0.4, 0.5) is 13.2 Å². The zero-order valence-corrected chi connectivity index (χ0v) is 6.50. The van der Waals surface area contributed by atoms with Gasteiger partial charge in [-0.2, -0.15) is 0 Å². The van der Waals surface area contributed by atoms with Crippen LogP contribution in [0.25, 0.3) is 0 Å². The number of aryl methyl sites for hydroxylation is 1. The molecule has 0 aliphatic heterocycles. The van der Waals surface area contributed by atoms with Crippen molar-refractivity contribution in [3.63, 3.8) is 0 Å². The van der Waals surface area contributed by atoms with Crippen LogP contribution in [0, 0.1) is 17.5 Å². The lowest BCUT2D eigenvalue weighted by Gasteiger charge is -2.04. The molecule has 0 saturated heterocycles. The predicted octanol–water partition coefficient (Wildman–Crippen LogP) is 1.46. The molecule has 0 aliphatic rings. The van der Waals surface area contributed by atoms with Gasteiger partial charge in [-0.25, -0.2) is 13.2 Å². The quantitative estimate of drug-likeness (QED) is 0.442. The molecule has 0 unspecified atom stereocenters. The predicted molar refractivity (Wildman–Crippen MR) is 41.1 cm³/mol. The molecule has 4 heteroatoms. The summed E-state index contributed by atoms with van der Waals surface area (Å²) in [6.45, 7) is 1.60. The Morgan fingerprint density at radius 2 is 1.83 bits per heavy atom. The van der Waals surface area contributed by atoms with Crippen LogP contribution in [0.3, 0.4) is 0 Å². The van der Waals surface area contributed by atoms with Crippen LogP contribution >= 0.6 is 0 Å². The second kappa shape index (κ2) is 3.21. The van der Waals surface area contributed by atoms with Crippen molar-refractivity contribution < 1.29 is 13.2 Å². The zero-order valence-electron chi connectivity index (χ0n) is 6.50. The molecule has 0 N–H and O–H groups in total. The Morgan fingerprint density at radius 1 is 1.25 bits per heavy atom. The standard InChI is InChI=1S/C8H6BF3/c1-2-4-3-5(10)6(9)8(12)7(4)11/h3H,2H2,1H3. The molecule has 0 fully saturated rings. The maximum absolute atomic E-state index is 12.8. The van der Waals surface area contributed by atoms with Gasteiger partial charge in [0.05, 0.1) is 0 Å². The summed E-state index contributed by atoms with van der Waals surface area (Å²) in [5.41, 5.74) is -0.760. The summed E-state index contributed by atoms with van der Waals surface area (Å²) in [6.07, 6.45) is 0.236. The number of benzene rings is 1. The molecule has 0 bridgehead atoms. The van der Waals surface area contributed by atoms with Gasteiger partial charge in [0.15, 0.2) is 11.6 Å². The molecule has 1 aromatic carbocycles. The lowest BCUT2D eigenvalue weighted by atomic mass is 9.92. The third kappa shape index (κ3) is 1.33. The van der Waals surface area contributed by atoms with Crippen LogP contribution in [-0.2, 0) is 6.42 Å². The molecule has 0 heterocycles. The zero-order chi connectivity index (χ0) is 9.30. The van der Waals surface area contributed by atoms with Gasteiger partial charge in [-0.3, -0.25) is 0 Å². The highest BCUT2D eigenvalue weighted by molar-refractivity contribution is 6.32. The number of rotatable bonds is 1. The molecule has 0 saturated carbocycles. The van der Waals surface area contributed by atoms with E-state index in [1.165, 1.54) is 0 Å². The van der Waals surface area contributed by atoms with Gasteiger partial charge in [0.25, 0.3) is 0 Å². The van der Waals surface area contributed by atoms with E-state index in [0.29, 0.717) is 0 Å². The molecule has 62 valence electrons. The van der Waals surface area contributed by atoms with E-state index in [4.69, 9.17) is 7.85 Å². The second-order valence-corrected chi connectivity index (χ2v) is 2.41. The lowest BCUT2D eigenvalue weighted by Crippen LogP contribution is -2.17. The molecule has 0 aromatic heterocycles. The van der Waals surface area contributed by atoms with Crippen molar-refractivity contribution in [3.05, 3.63) is 29.1 Å². The van der Waals surface area contributed by atoms with Crippen molar-refractivity contribution in [2.24, 2.45) is 0 Å². The average molecular weight is 170 g/mol. The molecule has 0 aliphatic carbocycles. The molecule has 0 atom stereocenters. The Bertz CT molecular complexity index is 310. The van der Waals surface area contributed by atoms with Gasteiger partial charge in [0.1, 0.15) is 13.7 Å². The summed E-state index contributed by atoms with van der Waals surface area (Å²) in [5, 5.41) is 0. The van der Waals surface area contributed by atoms with Crippen LogP contribution in [0.5, 0.6) is 0 Å². The fourth-order valence-corrected chi connectivity index (χ4v) is 0.915. The van der Waals surface area contributed by atoms with E-state index in [9.17, 15) is 13.2 Å². The van der Waals surface area contributed by atoms with Gasteiger partial charge in [-0.1, -0.05) is 6.92 Å². The minimum Gasteiger partial charge on any atom is -0.208 e. The Hall–Kier alpha value is -0.925. The minimum atomic E-state index is -1.30. The Morgan fingerprint density at radius 3 is 2.33 bits per heavy atom. The van der Waals surface area contributed by atoms with E-state index in [0.717, 1.165) is 6.07 Å². The fraction of sp³-hybridized carbons (Fsp3) is 0.250. The van der Waals surface area contributed by atoms with Crippen LogP contribution < -0.4 is 5.46 Å². The number of hydrogen-bond donors (Lipinski definition) is 0. The van der Waals surface area contributed by atoms with E-state index in [1.54, 1.807) is 6.92 Å². The van der Waals surface area contributed by atoms with E-state index in [-0.39, 0.29) is 12.0 Å². The average Bonchev–Trinajstić information content (AvgIpc) is 2.08. The molecule has 12 heavy (non-hydrogen) atoms. The highest BCUT2D eigenvalue weighted by atomic mass is 19.2. The van der Waals surface area contributed by atoms with Gasteiger partial charge >= 0.3 is 0 Å². The third-order valence-corrected chi connectivity index (χ3v) is 1.65. The Kier molecular flexibility index (Phi) is 2.45. The molecular formula is C8H6BF3. The normalized spacial score (nSPS) is 10.3. The first-order valence-corrected chi connectivity index (χ1v) is 3.49. The molecule has 1 aromatic rings. The molecular weight excluding hydrogens is 164 g/mol. The first kappa shape index (κ1) is 9.17. The lowest BCUT2D eigenvalue weighted by molar-refractivity contribution is 0.494. The van der Waals surface area contributed by atoms with Gasteiger partial charge in [0.2, 0.25) is 0 Å². The van der Waals surface area contributed by atoms with Gasteiger partial charge in [-0.05, 0) is 23.5 Å². The highest BCUT2D eigenvalue weighted by Gasteiger charge is 2.13. The summed E-state index contributed by atoms with van der Waals surface area (Å²) in [5.74, 6) is -3.27. The number of hydrogen-bond acceptors (Lipinski definition) is 0. The molecule has 0 nitrogen and oxygen atoms in total. The summed E-state index contributed by atoms with van der Waals surface area (Å²) >= 11 is 0. The molecule has 1 rings (SSSR count). The van der Waals surface area contributed by atoms with Gasteiger partial charge in [-0.15, -0.1) is 0 Å². The van der Waals surface area contributed by atoms with Crippen molar-refractivity contribution in [2.75, 3.05) is 0 Å². The van der Waals surface area contributed by atoms with Gasteiger partial charge in [0, 0.05) is 0 Å². The minimum absolute atomic E-state index is 0.000741. The van der Waals surface area contributed by atoms with Gasteiger partial charge < -0.3 is 0 Å². The largest absolute Gasteiger partial charge is 0.208 e. The fourth-order valence-electron chi connectivity index (χ4n) is 0.915. The molecule has 0 amide bonds. The van der Waals surface area contributed by atoms with Crippen molar-refractivity contribution >= 4 is 13.3 Å². The summed E-state index contributed by atoms with van der Waals surface area (Å²) in [6, 6.07) is 0.910. The maximum atomic E-state index is 12.8. The first-order valence-electron chi connectivity index (χ1n) is 3.49. The van der Waals surface area contributed by atoms with Crippen molar-refractivity contribution in [3.8, 4) is 0 Å². The second-order valence-electron chi connectivity index (χ2n) is 2.41. The summed E-state index contributed by atoms with van der Waals surface area (Å²) in [4.78, 5) is 0. The van der Waals surface area contributed by atoms with Crippen LogP contribution in [-0.4, -0.2) is 7.85 Å². The van der Waals surface area contributed by atoms with Crippen molar-refractivity contribution in [1.82, 2.24) is 0 Å². The summed E-state index contributed by atoms with van der Waals surface area (Å²) in [7, 11) is 4.92. The Labute approximate surface area is 69.8 Å². The SMILES string of the molecule is [B]c1c(F)cc(CC)c(F)c1F. The third-order valence-electron chi connectivity index (χ3n) is 1.65. The first-order chi connectivity index (χ1) is 5.57. The Balaban J connectivity index is 3.39. The van der Waals surface area contributed by atoms with E-state index < -0.39 is 22.9 Å². The van der Waals surface area contributed by atoms with Crippen molar-refractivity contribution in [2.45, 2.75) is 13.3 Å².